The molecular weight excluding hydrogens is 279 g/mol. The highest BCUT2D eigenvalue weighted by atomic mass is 19.4. The molecule has 0 amide bonds. The van der Waals surface area contributed by atoms with E-state index in [0.717, 1.165) is 0 Å². The van der Waals surface area contributed by atoms with E-state index >= 15 is 0 Å². The second kappa shape index (κ2) is 4.49. The first-order valence-electron chi connectivity index (χ1n) is 3.44. The van der Waals surface area contributed by atoms with Crippen molar-refractivity contribution in [2.24, 2.45) is 0 Å². The van der Waals surface area contributed by atoms with Crippen LogP contribution in [0.15, 0.2) is 0 Å². The maximum atomic E-state index is 12.2. The summed E-state index contributed by atoms with van der Waals surface area (Å²) in [6.45, 7) is -2.44. The van der Waals surface area contributed by atoms with E-state index in [9.17, 15) is 39.5 Å². The molecule has 0 aromatic rings. The van der Waals surface area contributed by atoms with Gasteiger partial charge in [-0.05, 0) is 0 Å². The number of alkyl halides is 9. The second-order valence-electron chi connectivity index (χ2n) is 2.48. The number of rotatable bonds is 5. The standard InChI is InChI=1S/C5H3F9O3/c6-2(7,1-15)16-3(8,9)4(10,11)17-5(12,13)14/h15H,1H2. The Hall–Kier alpha value is -0.750. The number of ether oxygens (including phenoxy) is 2. The minimum atomic E-state index is -6.39. The SMILES string of the molecule is OCC(F)(F)OC(F)(F)C(F)(F)OC(F)(F)F. The van der Waals surface area contributed by atoms with E-state index in [1.807, 2.05) is 0 Å². The molecule has 0 fully saturated rings. The van der Waals surface area contributed by atoms with Crippen molar-refractivity contribution in [2.75, 3.05) is 6.61 Å². The van der Waals surface area contributed by atoms with Gasteiger partial charge in [0.2, 0.25) is 0 Å². The zero-order valence-electron chi connectivity index (χ0n) is 7.37. The molecular formula is C5H3F9O3. The fourth-order valence-electron chi connectivity index (χ4n) is 0.484. The van der Waals surface area contributed by atoms with Gasteiger partial charge in [-0.25, -0.2) is 9.47 Å². The zero-order chi connectivity index (χ0) is 14.1. The summed E-state index contributed by atoms with van der Waals surface area (Å²) >= 11 is 0. The van der Waals surface area contributed by atoms with Gasteiger partial charge in [-0.3, -0.25) is 0 Å². The molecule has 3 nitrogen and oxygen atoms in total. The van der Waals surface area contributed by atoms with Gasteiger partial charge in [-0.2, -0.15) is 26.3 Å². The van der Waals surface area contributed by atoms with E-state index in [1.54, 1.807) is 4.74 Å². The van der Waals surface area contributed by atoms with E-state index in [2.05, 4.69) is 4.74 Å². The van der Waals surface area contributed by atoms with E-state index < -0.39 is 31.3 Å². The quantitative estimate of drug-likeness (QED) is 0.786. The smallest absolute Gasteiger partial charge is 0.387 e. The number of hydrogen-bond donors (Lipinski definition) is 1. The lowest BCUT2D eigenvalue weighted by Crippen LogP contribution is -2.51. The fraction of sp³-hybridized carbons (Fsp3) is 1.00. The predicted octanol–water partition coefficient (Wildman–Crippen LogP) is 2.31. The van der Waals surface area contributed by atoms with Crippen LogP contribution in [0.1, 0.15) is 0 Å². The van der Waals surface area contributed by atoms with Crippen LogP contribution in [0, 0.1) is 0 Å². The first-order valence-corrected chi connectivity index (χ1v) is 3.44. The van der Waals surface area contributed by atoms with Gasteiger partial charge >= 0.3 is 24.7 Å². The lowest BCUT2D eigenvalue weighted by molar-refractivity contribution is -0.530. The van der Waals surface area contributed by atoms with Gasteiger partial charge in [0.05, 0.1) is 0 Å². The van der Waals surface area contributed by atoms with Crippen molar-refractivity contribution in [1.29, 1.82) is 0 Å². The molecule has 104 valence electrons. The average Bonchev–Trinajstić information content (AvgIpc) is 1.97. The van der Waals surface area contributed by atoms with Crippen LogP contribution in [-0.4, -0.2) is 36.4 Å². The molecule has 0 spiro atoms. The van der Waals surface area contributed by atoms with Crippen LogP contribution in [0.3, 0.4) is 0 Å². The molecule has 0 saturated carbocycles. The molecule has 0 unspecified atom stereocenters. The Balaban J connectivity index is 4.91. The second-order valence-corrected chi connectivity index (χ2v) is 2.48. The van der Waals surface area contributed by atoms with Gasteiger partial charge in [-0.15, -0.1) is 13.2 Å². The summed E-state index contributed by atoms with van der Waals surface area (Å²) in [6.07, 6.45) is -24.1. The summed E-state index contributed by atoms with van der Waals surface area (Å²) in [6, 6.07) is 0. The maximum Gasteiger partial charge on any atom is 0.527 e. The maximum absolute atomic E-state index is 12.2. The van der Waals surface area contributed by atoms with Crippen LogP contribution in [0.5, 0.6) is 0 Å². The fourth-order valence-corrected chi connectivity index (χ4v) is 0.484. The minimum absolute atomic E-state index is 1.66. The first-order chi connectivity index (χ1) is 7.22. The van der Waals surface area contributed by atoms with Crippen LogP contribution in [-0.2, 0) is 9.47 Å². The normalized spacial score (nSPS) is 15.2. The Bertz CT molecular complexity index is 260. The zero-order valence-corrected chi connectivity index (χ0v) is 7.37. The van der Waals surface area contributed by atoms with E-state index in [-0.39, 0.29) is 0 Å². The van der Waals surface area contributed by atoms with Gasteiger partial charge in [0.1, 0.15) is 6.61 Å². The van der Waals surface area contributed by atoms with Crippen molar-refractivity contribution < 1.29 is 54.1 Å². The molecule has 1 N–H and O–H groups in total. The van der Waals surface area contributed by atoms with Crippen LogP contribution >= 0.6 is 0 Å². The summed E-state index contributed by atoms with van der Waals surface area (Å²) in [5, 5.41) is 7.74. The summed E-state index contributed by atoms with van der Waals surface area (Å²) in [7, 11) is 0. The Kier molecular flexibility index (Phi) is 4.30. The van der Waals surface area contributed by atoms with Crippen LogP contribution in [0.4, 0.5) is 39.5 Å². The minimum Gasteiger partial charge on any atom is -0.387 e. The van der Waals surface area contributed by atoms with Crippen LogP contribution < -0.4 is 0 Å². The summed E-state index contributed by atoms with van der Waals surface area (Å²) in [4.78, 5) is 0. The summed E-state index contributed by atoms with van der Waals surface area (Å²) < 4.78 is 110. The van der Waals surface area contributed by atoms with Gasteiger partial charge < -0.3 is 5.11 Å². The van der Waals surface area contributed by atoms with Crippen molar-refractivity contribution in [2.45, 2.75) is 24.7 Å². The molecule has 0 aromatic carbocycles. The van der Waals surface area contributed by atoms with Gasteiger partial charge in [-0.1, -0.05) is 0 Å². The number of halogens is 9. The van der Waals surface area contributed by atoms with Crippen molar-refractivity contribution in [3.63, 3.8) is 0 Å². The molecule has 0 aliphatic carbocycles. The number of hydrogen-bond acceptors (Lipinski definition) is 3. The highest BCUT2D eigenvalue weighted by Gasteiger charge is 2.67. The molecule has 0 bridgehead atoms. The Morgan fingerprint density at radius 2 is 1.06 bits per heavy atom. The molecule has 0 atom stereocenters. The predicted molar refractivity (Wildman–Crippen MR) is 30.2 cm³/mol. The van der Waals surface area contributed by atoms with Crippen molar-refractivity contribution >= 4 is 0 Å². The Labute approximate surface area is 86.7 Å². The van der Waals surface area contributed by atoms with E-state index in [4.69, 9.17) is 5.11 Å². The molecule has 12 heteroatoms. The lowest BCUT2D eigenvalue weighted by Gasteiger charge is -2.28. The molecule has 0 aliphatic heterocycles. The number of aliphatic hydroxyl groups is 1. The third kappa shape index (κ3) is 4.95. The molecule has 0 radical (unpaired) electrons. The third-order valence-corrected chi connectivity index (χ3v) is 1.04. The molecule has 0 aliphatic rings. The Morgan fingerprint density at radius 1 is 0.706 bits per heavy atom. The lowest BCUT2D eigenvalue weighted by atomic mass is 10.5. The van der Waals surface area contributed by atoms with E-state index in [1.165, 1.54) is 0 Å². The van der Waals surface area contributed by atoms with Gasteiger partial charge in [0.25, 0.3) is 0 Å². The monoisotopic (exact) mass is 282 g/mol. The average molecular weight is 282 g/mol. The van der Waals surface area contributed by atoms with Crippen molar-refractivity contribution in [3.05, 3.63) is 0 Å². The highest BCUT2D eigenvalue weighted by Crippen LogP contribution is 2.43. The molecule has 17 heavy (non-hydrogen) atoms. The summed E-state index contributed by atoms with van der Waals surface area (Å²) in [5.74, 6) is 0. The van der Waals surface area contributed by atoms with Gasteiger partial charge in [0.15, 0.2) is 0 Å². The molecule has 0 saturated heterocycles. The molecule has 0 heterocycles. The van der Waals surface area contributed by atoms with Crippen molar-refractivity contribution in [1.82, 2.24) is 0 Å². The molecule has 0 aromatic heterocycles. The first kappa shape index (κ1) is 16.2. The summed E-state index contributed by atoms with van der Waals surface area (Å²) in [5.41, 5.74) is 0. The molecule has 0 rings (SSSR count). The number of aliphatic hydroxyl groups excluding tert-OH is 1. The van der Waals surface area contributed by atoms with Crippen LogP contribution in [0.25, 0.3) is 0 Å². The van der Waals surface area contributed by atoms with Crippen molar-refractivity contribution in [3.8, 4) is 0 Å². The topological polar surface area (TPSA) is 38.7 Å². The highest BCUT2D eigenvalue weighted by molar-refractivity contribution is 4.69. The van der Waals surface area contributed by atoms with E-state index in [0.29, 0.717) is 0 Å². The van der Waals surface area contributed by atoms with Gasteiger partial charge in [0, 0.05) is 0 Å². The third-order valence-electron chi connectivity index (χ3n) is 1.04. The Morgan fingerprint density at radius 3 is 1.35 bits per heavy atom. The van der Waals surface area contributed by atoms with Crippen LogP contribution in [0.2, 0.25) is 0 Å². The largest absolute Gasteiger partial charge is 0.527 e.